The summed E-state index contributed by atoms with van der Waals surface area (Å²) >= 11 is 0. The summed E-state index contributed by atoms with van der Waals surface area (Å²) in [6.07, 6.45) is 31.2. The van der Waals surface area contributed by atoms with E-state index in [-0.39, 0.29) is 0 Å². The molecule has 5 heteroatoms. The average Bonchev–Trinajstić information content (AvgIpc) is 2.81. The molecule has 0 atom stereocenters. The van der Waals surface area contributed by atoms with Crippen molar-refractivity contribution in [1.82, 2.24) is 0 Å². The number of rotatable bonds is 28. The van der Waals surface area contributed by atoms with Gasteiger partial charge in [0, 0.05) is 0 Å². The molecule has 0 amide bonds. The molecule has 0 unspecified atom stereocenters. The Morgan fingerprint density at radius 1 is 0.457 bits per heavy atom. The van der Waals surface area contributed by atoms with Crippen LogP contribution in [0.1, 0.15) is 188 Å². The highest BCUT2D eigenvalue weighted by molar-refractivity contribution is 7.46. The minimum atomic E-state index is -4.49. The van der Waals surface area contributed by atoms with Crippen molar-refractivity contribution < 1.29 is 18.9 Å². The van der Waals surface area contributed by atoms with Gasteiger partial charge in [0.2, 0.25) is 0 Å². The van der Waals surface area contributed by atoms with Crippen LogP contribution in [0, 0.1) is 0 Å². The minimum Gasteiger partial charge on any atom is -0.303 e. The number of unbranched alkanes of at least 4 members (excludes halogenated alkanes) is 20. The molecule has 0 aliphatic carbocycles. The quantitative estimate of drug-likeness (QED) is 0.0798. The predicted molar refractivity (Wildman–Crippen MR) is 153 cm³/mol. The van der Waals surface area contributed by atoms with Crippen LogP contribution in [-0.2, 0) is 9.09 Å². The molecule has 0 radical (unpaired) electrons. The fourth-order valence-corrected chi connectivity index (χ4v) is 6.11. The fourth-order valence-electron chi connectivity index (χ4n) is 5.33. The normalized spacial score (nSPS) is 12.5. The molecule has 0 aromatic heterocycles. The van der Waals surface area contributed by atoms with E-state index in [1.54, 1.807) is 0 Å². The molecule has 212 valence electrons. The number of phosphoric ester groups is 1. The second-order valence-corrected chi connectivity index (χ2v) is 12.2. The smallest absolute Gasteiger partial charge is 0.303 e. The van der Waals surface area contributed by atoms with Gasteiger partial charge in [0.05, 0.1) is 5.60 Å². The zero-order chi connectivity index (χ0) is 26.1. The SMILES string of the molecule is CCCCCCCCCCCCCCCCCC(CCCCCC)(CCCCCC)OP(=O)(O)O. The Bertz CT molecular complexity index is 465. The van der Waals surface area contributed by atoms with E-state index in [1.807, 2.05) is 0 Å². The van der Waals surface area contributed by atoms with Crippen molar-refractivity contribution in [3.8, 4) is 0 Å². The molecule has 4 nitrogen and oxygen atoms in total. The Labute approximate surface area is 220 Å². The van der Waals surface area contributed by atoms with Crippen molar-refractivity contribution in [3.05, 3.63) is 0 Å². The van der Waals surface area contributed by atoms with Gasteiger partial charge in [-0.15, -0.1) is 0 Å². The second kappa shape index (κ2) is 24.4. The molecule has 0 aromatic carbocycles. The van der Waals surface area contributed by atoms with E-state index in [9.17, 15) is 14.4 Å². The van der Waals surface area contributed by atoms with Crippen LogP contribution in [-0.4, -0.2) is 15.4 Å². The maximum atomic E-state index is 11.9. The van der Waals surface area contributed by atoms with Gasteiger partial charge in [0.1, 0.15) is 0 Å². The van der Waals surface area contributed by atoms with Gasteiger partial charge >= 0.3 is 7.82 Å². The second-order valence-electron chi connectivity index (χ2n) is 11.1. The van der Waals surface area contributed by atoms with Crippen molar-refractivity contribution in [2.45, 2.75) is 193 Å². The molecule has 0 aliphatic heterocycles. The van der Waals surface area contributed by atoms with Crippen LogP contribution in [0.2, 0.25) is 0 Å². The van der Waals surface area contributed by atoms with Gasteiger partial charge in [-0.2, -0.15) is 0 Å². The summed E-state index contributed by atoms with van der Waals surface area (Å²) in [5, 5.41) is 0. The Kier molecular flexibility index (Phi) is 24.5. The molecule has 0 heterocycles. The molecule has 0 aliphatic rings. The molecule has 0 rings (SSSR count). The highest BCUT2D eigenvalue weighted by Crippen LogP contribution is 2.47. The Morgan fingerprint density at radius 3 is 0.943 bits per heavy atom. The summed E-state index contributed by atoms with van der Waals surface area (Å²) in [4.78, 5) is 19.3. The van der Waals surface area contributed by atoms with Gasteiger partial charge in [-0.3, -0.25) is 4.52 Å². The standard InChI is InChI=1S/C30H63O4P/c1-4-7-10-13-14-15-16-17-18-19-20-21-22-23-26-29-30(34-35(31,32)33,27-24-11-8-5-2)28-25-12-9-6-3/h4-29H2,1-3H3,(H2,31,32,33). The third-order valence-electron chi connectivity index (χ3n) is 7.52. The van der Waals surface area contributed by atoms with Crippen LogP contribution in [0.3, 0.4) is 0 Å². The van der Waals surface area contributed by atoms with E-state index in [0.717, 1.165) is 57.8 Å². The Balaban J connectivity index is 4.20. The van der Waals surface area contributed by atoms with Crippen LogP contribution >= 0.6 is 7.82 Å². The summed E-state index contributed by atoms with van der Waals surface area (Å²) in [5.41, 5.74) is -0.642. The lowest BCUT2D eigenvalue weighted by molar-refractivity contribution is 0.00538. The van der Waals surface area contributed by atoms with Gasteiger partial charge in [-0.05, 0) is 19.3 Å². The summed E-state index contributed by atoms with van der Waals surface area (Å²) in [6, 6.07) is 0. The van der Waals surface area contributed by atoms with E-state index in [1.165, 1.54) is 109 Å². The van der Waals surface area contributed by atoms with Crippen molar-refractivity contribution in [1.29, 1.82) is 0 Å². The highest BCUT2D eigenvalue weighted by Gasteiger charge is 2.36. The third kappa shape index (κ3) is 24.2. The van der Waals surface area contributed by atoms with Crippen molar-refractivity contribution in [2.75, 3.05) is 0 Å². The summed E-state index contributed by atoms with van der Waals surface area (Å²) in [6.45, 7) is 6.67. The summed E-state index contributed by atoms with van der Waals surface area (Å²) < 4.78 is 17.4. The van der Waals surface area contributed by atoms with E-state index in [4.69, 9.17) is 4.52 Å². The summed E-state index contributed by atoms with van der Waals surface area (Å²) in [7, 11) is -4.49. The number of hydrogen-bond donors (Lipinski definition) is 2. The van der Waals surface area contributed by atoms with Gasteiger partial charge in [0.15, 0.2) is 0 Å². The van der Waals surface area contributed by atoms with Crippen molar-refractivity contribution >= 4 is 7.82 Å². The topological polar surface area (TPSA) is 66.8 Å². The highest BCUT2D eigenvalue weighted by atomic mass is 31.2. The molecule has 0 fully saturated rings. The van der Waals surface area contributed by atoms with E-state index >= 15 is 0 Å². The van der Waals surface area contributed by atoms with Gasteiger partial charge in [-0.25, -0.2) is 4.57 Å². The predicted octanol–water partition coefficient (Wildman–Crippen LogP) is 11.0. The molecular weight excluding hydrogens is 455 g/mol. The van der Waals surface area contributed by atoms with Crippen LogP contribution < -0.4 is 0 Å². The average molecular weight is 519 g/mol. The third-order valence-corrected chi connectivity index (χ3v) is 8.15. The first-order valence-electron chi connectivity index (χ1n) is 15.7. The van der Waals surface area contributed by atoms with E-state index in [2.05, 4.69) is 20.8 Å². The maximum absolute atomic E-state index is 11.9. The maximum Gasteiger partial charge on any atom is 0.470 e. The molecule has 0 bridgehead atoms. The monoisotopic (exact) mass is 518 g/mol. The molecule has 0 saturated carbocycles. The van der Waals surface area contributed by atoms with Crippen LogP contribution in [0.5, 0.6) is 0 Å². The lowest BCUT2D eigenvalue weighted by atomic mass is 9.85. The minimum absolute atomic E-state index is 0.642. The Morgan fingerprint density at radius 2 is 0.686 bits per heavy atom. The zero-order valence-corrected chi connectivity index (χ0v) is 24.9. The lowest BCUT2D eigenvalue weighted by Crippen LogP contribution is -2.32. The Hall–Kier alpha value is 0.110. The van der Waals surface area contributed by atoms with Crippen LogP contribution in [0.4, 0.5) is 0 Å². The van der Waals surface area contributed by atoms with Gasteiger partial charge in [0.25, 0.3) is 0 Å². The largest absolute Gasteiger partial charge is 0.470 e. The van der Waals surface area contributed by atoms with Crippen molar-refractivity contribution in [3.63, 3.8) is 0 Å². The first kappa shape index (κ1) is 35.1. The first-order chi connectivity index (χ1) is 16.9. The molecule has 0 aromatic rings. The van der Waals surface area contributed by atoms with Gasteiger partial charge in [-0.1, -0.05) is 168 Å². The van der Waals surface area contributed by atoms with E-state index in [0.29, 0.717) is 0 Å². The zero-order valence-electron chi connectivity index (χ0n) is 24.0. The van der Waals surface area contributed by atoms with Crippen molar-refractivity contribution in [2.24, 2.45) is 0 Å². The summed E-state index contributed by atoms with van der Waals surface area (Å²) in [5.74, 6) is 0. The molecule has 0 saturated heterocycles. The fraction of sp³-hybridized carbons (Fsp3) is 1.00. The number of hydrogen-bond acceptors (Lipinski definition) is 2. The molecular formula is C30H63O4P. The van der Waals surface area contributed by atoms with Crippen LogP contribution in [0.15, 0.2) is 0 Å². The number of phosphoric acid groups is 1. The molecule has 35 heavy (non-hydrogen) atoms. The van der Waals surface area contributed by atoms with Crippen LogP contribution in [0.25, 0.3) is 0 Å². The molecule has 2 N–H and O–H groups in total. The van der Waals surface area contributed by atoms with Gasteiger partial charge < -0.3 is 9.79 Å². The molecule has 0 spiro atoms. The van der Waals surface area contributed by atoms with E-state index < -0.39 is 13.4 Å². The first-order valence-corrected chi connectivity index (χ1v) is 17.2. The lowest BCUT2D eigenvalue weighted by Gasteiger charge is -2.34.